The quantitative estimate of drug-likeness (QED) is 0.792. The zero-order valence-corrected chi connectivity index (χ0v) is 8.49. The number of benzene rings is 1. The SMILES string of the molecule is Cc1ccc(F)cc1-c1n[nH]nc1C(N)=O. The van der Waals surface area contributed by atoms with E-state index >= 15 is 0 Å². The van der Waals surface area contributed by atoms with Gasteiger partial charge in [-0.1, -0.05) is 6.07 Å². The number of nitrogens with two attached hydrogens (primary N) is 1. The van der Waals surface area contributed by atoms with Gasteiger partial charge in [-0.25, -0.2) is 4.39 Å². The Morgan fingerprint density at radius 1 is 1.44 bits per heavy atom. The molecule has 0 saturated heterocycles. The highest BCUT2D eigenvalue weighted by atomic mass is 19.1. The first-order chi connectivity index (χ1) is 7.59. The first-order valence-corrected chi connectivity index (χ1v) is 4.56. The number of nitrogens with zero attached hydrogens (tertiary/aromatic N) is 2. The van der Waals surface area contributed by atoms with Crippen LogP contribution in [0.2, 0.25) is 0 Å². The van der Waals surface area contributed by atoms with Gasteiger partial charge in [0.25, 0.3) is 5.91 Å². The predicted molar refractivity (Wildman–Crippen MR) is 55.0 cm³/mol. The van der Waals surface area contributed by atoms with Gasteiger partial charge in [0.15, 0.2) is 5.69 Å². The molecule has 0 fully saturated rings. The lowest BCUT2D eigenvalue weighted by Crippen LogP contribution is -2.13. The van der Waals surface area contributed by atoms with Crippen molar-refractivity contribution in [1.82, 2.24) is 15.4 Å². The van der Waals surface area contributed by atoms with Crippen LogP contribution in [0.25, 0.3) is 11.3 Å². The Morgan fingerprint density at radius 3 is 2.88 bits per heavy atom. The number of aryl methyl sites for hydroxylation is 1. The van der Waals surface area contributed by atoms with Crippen molar-refractivity contribution in [1.29, 1.82) is 0 Å². The molecule has 1 heterocycles. The van der Waals surface area contributed by atoms with Gasteiger partial charge in [0.05, 0.1) is 0 Å². The molecule has 0 saturated carbocycles. The first-order valence-electron chi connectivity index (χ1n) is 4.56. The highest BCUT2D eigenvalue weighted by Crippen LogP contribution is 2.24. The Hall–Kier alpha value is -2.24. The highest BCUT2D eigenvalue weighted by molar-refractivity contribution is 5.96. The van der Waals surface area contributed by atoms with Gasteiger partial charge in [0, 0.05) is 5.56 Å². The van der Waals surface area contributed by atoms with Crippen molar-refractivity contribution in [2.45, 2.75) is 6.92 Å². The number of hydrogen-bond acceptors (Lipinski definition) is 3. The molecule has 1 aromatic heterocycles. The average Bonchev–Trinajstić information content (AvgIpc) is 2.70. The second-order valence-corrected chi connectivity index (χ2v) is 3.34. The second-order valence-electron chi connectivity index (χ2n) is 3.34. The van der Waals surface area contributed by atoms with E-state index in [1.165, 1.54) is 12.1 Å². The number of H-pyrrole nitrogens is 1. The number of carbonyl (C=O) groups is 1. The van der Waals surface area contributed by atoms with Gasteiger partial charge in [0.1, 0.15) is 11.5 Å². The molecule has 2 rings (SSSR count). The Bertz CT molecular complexity index is 550. The van der Waals surface area contributed by atoms with Crippen molar-refractivity contribution in [2.75, 3.05) is 0 Å². The minimum Gasteiger partial charge on any atom is -0.364 e. The lowest BCUT2D eigenvalue weighted by Gasteiger charge is -2.02. The van der Waals surface area contributed by atoms with Crippen molar-refractivity contribution in [3.8, 4) is 11.3 Å². The fourth-order valence-corrected chi connectivity index (χ4v) is 1.44. The van der Waals surface area contributed by atoms with E-state index in [0.717, 1.165) is 5.56 Å². The zero-order valence-electron chi connectivity index (χ0n) is 8.49. The molecule has 0 aliphatic rings. The molecule has 5 nitrogen and oxygen atoms in total. The summed E-state index contributed by atoms with van der Waals surface area (Å²) < 4.78 is 13.1. The van der Waals surface area contributed by atoms with Crippen molar-refractivity contribution in [3.63, 3.8) is 0 Å². The second kappa shape index (κ2) is 3.73. The van der Waals surface area contributed by atoms with Crippen molar-refractivity contribution in [2.24, 2.45) is 5.73 Å². The Balaban J connectivity index is 2.62. The standard InChI is InChI=1S/C10H9FN4O/c1-5-2-3-6(11)4-7(5)8-9(10(12)16)14-15-13-8/h2-4H,1H3,(H2,12,16)(H,13,14,15). The summed E-state index contributed by atoms with van der Waals surface area (Å²) in [5.74, 6) is -1.11. The number of halogens is 1. The van der Waals surface area contributed by atoms with Crippen LogP contribution in [0, 0.1) is 12.7 Å². The van der Waals surface area contributed by atoms with Crippen molar-refractivity contribution in [3.05, 3.63) is 35.3 Å². The van der Waals surface area contributed by atoms with Gasteiger partial charge in [-0.05, 0) is 24.6 Å². The topological polar surface area (TPSA) is 84.7 Å². The van der Waals surface area contributed by atoms with Gasteiger partial charge in [-0.15, -0.1) is 0 Å². The largest absolute Gasteiger partial charge is 0.364 e. The molecule has 16 heavy (non-hydrogen) atoms. The number of aromatic nitrogens is 3. The molecule has 6 heteroatoms. The van der Waals surface area contributed by atoms with E-state index in [0.29, 0.717) is 5.56 Å². The number of rotatable bonds is 2. The van der Waals surface area contributed by atoms with E-state index in [2.05, 4.69) is 15.4 Å². The number of nitrogens with one attached hydrogen (secondary N) is 1. The van der Waals surface area contributed by atoms with Crippen LogP contribution in [0.4, 0.5) is 4.39 Å². The summed E-state index contributed by atoms with van der Waals surface area (Å²) >= 11 is 0. The van der Waals surface area contributed by atoms with Gasteiger partial charge >= 0.3 is 0 Å². The van der Waals surface area contributed by atoms with E-state index in [9.17, 15) is 9.18 Å². The maximum atomic E-state index is 13.1. The maximum Gasteiger partial charge on any atom is 0.271 e. The van der Waals surface area contributed by atoms with Gasteiger partial charge in [-0.3, -0.25) is 4.79 Å². The van der Waals surface area contributed by atoms with Gasteiger partial charge in [0.2, 0.25) is 0 Å². The van der Waals surface area contributed by atoms with Gasteiger partial charge < -0.3 is 5.73 Å². The van der Waals surface area contributed by atoms with E-state index in [1.807, 2.05) is 0 Å². The predicted octanol–water partition coefficient (Wildman–Crippen LogP) is 1.02. The van der Waals surface area contributed by atoms with E-state index in [-0.39, 0.29) is 11.4 Å². The van der Waals surface area contributed by atoms with Gasteiger partial charge in [-0.2, -0.15) is 15.4 Å². The maximum absolute atomic E-state index is 13.1. The third-order valence-corrected chi connectivity index (χ3v) is 2.24. The number of aromatic amines is 1. The van der Waals surface area contributed by atoms with Crippen LogP contribution < -0.4 is 5.73 Å². The first kappa shape index (κ1) is 10.3. The third-order valence-electron chi connectivity index (χ3n) is 2.24. The highest BCUT2D eigenvalue weighted by Gasteiger charge is 2.17. The van der Waals surface area contributed by atoms with Crippen LogP contribution in [-0.4, -0.2) is 21.3 Å². The lowest BCUT2D eigenvalue weighted by molar-refractivity contribution is 0.0996. The molecule has 0 atom stereocenters. The third kappa shape index (κ3) is 1.65. The summed E-state index contributed by atoms with van der Waals surface area (Å²) in [6, 6.07) is 4.23. The Kier molecular flexibility index (Phi) is 2.40. The fraction of sp³-hybridized carbons (Fsp3) is 0.100. The van der Waals surface area contributed by atoms with E-state index < -0.39 is 11.7 Å². The normalized spacial score (nSPS) is 10.4. The molecule has 3 N–H and O–H groups in total. The average molecular weight is 220 g/mol. The number of primary amides is 1. The number of carbonyl (C=O) groups excluding carboxylic acids is 1. The molecule has 0 bridgehead atoms. The molecule has 2 aromatic rings. The summed E-state index contributed by atoms with van der Waals surface area (Å²) in [7, 11) is 0. The molecular formula is C10H9FN4O. The van der Waals surface area contributed by atoms with Crippen LogP contribution in [0.15, 0.2) is 18.2 Å². The molecule has 0 radical (unpaired) electrons. The molecule has 1 aromatic carbocycles. The molecular weight excluding hydrogens is 211 g/mol. The summed E-state index contributed by atoms with van der Waals surface area (Å²) in [6.07, 6.45) is 0. The van der Waals surface area contributed by atoms with E-state index in [4.69, 9.17) is 5.73 Å². The smallest absolute Gasteiger partial charge is 0.271 e. The summed E-state index contributed by atoms with van der Waals surface area (Å²) in [4.78, 5) is 11.1. The van der Waals surface area contributed by atoms with Crippen LogP contribution >= 0.6 is 0 Å². The molecule has 0 unspecified atom stereocenters. The molecule has 0 aliphatic carbocycles. The van der Waals surface area contributed by atoms with E-state index in [1.54, 1.807) is 13.0 Å². The zero-order chi connectivity index (χ0) is 11.7. The summed E-state index contributed by atoms with van der Waals surface area (Å²) in [5.41, 5.74) is 6.70. The molecule has 0 aliphatic heterocycles. The summed E-state index contributed by atoms with van der Waals surface area (Å²) in [6.45, 7) is 1.79. The Morgan fingerprint density at radius 2 is 2.19 bits per heavy atom. The monoisotopic (exact) mass is 220 g/mol. The van der Waals surface area contributed by atoms with Crippen molar-refractivity contribution < 1.29 is 9.18 Å². The number of hydrogen-bond donors (Lipinski definition) is 2. The minimum absolute atomic E-state index is 0.00806. The minimum atomic E-state index is -0.701. The number of amides is 1. The molecule has 0 spiro atoms. The summed E-state index contributed by atoms with van der Waals surface area (Å²) in [5, 5.41) is 9.74. The van der Waals surface area contributed by atoms with Crippen molar-refractivity contribution >= 4 is 5.91 Å². The van der Waals surface area contributed by atoms with Crippen LogP contribution in [0.1, 0.15) is 16.1 Å². The van der Waals surface area contributed by atoms with Crippen LogP contribution in [0.5, 0.6) is 0 Å². The Labute approximate surface area is 90.5 Å². The fourth-order valence-electron chi connectivity index (χ4n) is 1.44. The van der Waals surface area contributed by atoms with Crippen LogP contribution in [0.3, 0.4) is 0 Å². The lowest BCUT2D eigenvalue weighted by atomic mass is 10.0. The molecule has 82 valence electrons. The van der Waals surface area contributed by atoms with Crippen LogP contribution in [-0.2, 0) is 0 Å². The molecule has 1 amide bonds.